The highest BCUT2D eigenvalue weighted by Gasteiger charge is 2.49. The van der Waals surface area contributed by atoms with Crippen molar-refractivity contribution in [3.05, 3.63) is 33.3 Å². The van der Waals surface area contributed by atoms with Crippen LogP contribution in [0.4, 0.5) is 0 Å². The van der Waals surface area contributed by atoms with Crippen LogP contribution in [0.3, 0.4) is 0 Å². The molecule has 0 amide bonds. The molecule has 1 saturated carbocycles. The molecule has 1 aliphatic rings. The third-order valence-corrected chi connectivity index (χ3v) is 3.68. The summed E-state index contributed by atoms with van der Waals surface area (Å²) in [6.45, 7) is 1.64. The highest BCUT2D eigenvalue weighted by atomic mass is 79.9. The lowest BCUT2D eigenvalue weighted by atomic mass is 9.92. The van der Waals surface area contributed by atoms with Crippen molar-refractivity contribution in [3.63, 3.8) is 0 Å². The van der Waals surface area contributed by atoms with Gasteiger partial charge in [0.15, 0.2) is 0 Å². The van der Waals surface area contributed by atoms with Crippen molar-refractivity contribution in [2.45, 2.75) is 25.2 Å². The van der Waals surface area contributed by atoms with E-state index in [0.29, 0.717) is 5.02 Å². The van der Waals surface area contributed by atoms with Gasteiger partial charge in [0, 0.05) is 9.50 Å². The monoisotopic (exact) mass is 272 g/mol. The Balaban J connectivity index is 2.47. The largest absolute Gasteiger partial charge is 0.299 e. The van der Waals surface area contributed by atoms with Gasteiger partial charge in [-0.3, -0.25) is 4.79 Å². The molecule has 0 aliphatic heterocycles. The van der Waals surface area contributed by atoms with Gasteiger partial charge in [-0.05, 0) is 37.5 Å². The zero-order chi connectivity index (χ0) is 10.3. The maximum absolute atomic E-state index is 11.5. The molecule has 1 aromatic rings. The third kappa shape index (κ3) is 1.51. The van der Waals surface area contributed by atoms with Crippen molar-refractivity contribution in [3.8, 4) is 0 Å². The number of halogens is 2. The Bertz CT molecular complexity index is 396. The average molecular weight is 274 g/mol. The van der Waals surface area contributed by atoms with Crippen LogP contribution in [-0.4, -0.2) is 5.78 Å². The van der Waals surface area contributed by atoms with Gasteiger partial charge in [-0.2, -0.15) is 0 Å². The summed E-state index contributed by atoms with van der Waals surface area (Å²) in [5.74, 6) is 0.224. The van der Waals surface area contributed by atoms with Crippen molar-refractivity contribution >= 4 is 33.3 Å². The van der Waals surface area contributed by atoms with E-state index in [-0.39, 0.29) is 11.2 Å². The Kier molecular flexibility index (Phi) is 2.44. The van der Waals surface area contributed by atoms with Crippen LogP contribution in [0.2, 0.25) is 5.02 Å². The van der Waals surface area contributed by atoms with E-state index in [9.17, 15) is 4.79 Å². The fourth-order valence-corrected chi connectivity index (χ4v) is 2.67. The van der Waals surface area contributed by atoms with E-state index in [1.54, 1.807) is 6.92 Å². The van der Waals surface area contributed by atoms with Gasteiger partial charge < -0.3 is 0 Å². The minimum Gasteiger partial charge on any atom is -0.299 e. The van der Waals surface area contributed by atoms with Crippen molar-refractivity contribution in [2.75, 3.05) is 0 Å². The molecule has 1 fully saturated rings. The quantitative estimate of drug-likeness (QED) is 0.802. The number of carbonyl (C=O) groups is 1. The second-order valence-electron chi connectivity index (χ2n) is 3.76. The Labute approximate surface area is 96.6 Å². The van der Waals surface area contributed by atoms with E-state index in [1.807, 2.05) is 18.2 Å². The molecule has 0 atom stereocenters. The summed E-state index contributed by atoms with van der Waals surface area (Å²) in [5.41, 5.74) is 0.715. The van der Waals surface area contributed by atoms with Gasteiger partial charge in [0.2, 0.25) is 0 Å². The molecule has 0 heterocycles. The Morgan fingerprint density at radius 2 is 2.14 bits per heavy atom. The summed E-state index contributed by atoms with van der Waals surface area (Å²) in [6.07, 6.45) is 1.87. The second kappa shape index (κ2) is 3.35. The number of hydrogen-bond donors (Lipinski definition) is 0. The molecule has 0 N–H and O–H groups in total. The van der Waals surface area contributed by atoms with Gasteiger partial charge in [0.05, 0.1) is 5.41 Å². The third-order valence-electron chi connectivity index (χ3n) is 2.87. The molecule has 74 valence electrons. The van der Waals surface area contributed by atoms with Crippen molar-refractivity contribution in [1.82, 2.24) is 0 Å². The highest BCUT2D eigenvalue weighted by molar-refractivity contribution is 9.10. The number of ketones is 1. The van der Waals surface area contributed by atoms with Crippen molar-refractivity contribution < 1.29 is 4.79 Å². The van der Waals surface area contributed by atoms with E-state index in [0.717, 1.165) is 22.9 Å². The number of hydrogen-bond acceptors (Lipinski definition) is 1. The van der Waals surface area contributed by atoms with Gasteiger partial charge in [-0.15, -0.1) is 0 Å². The Hall–Kier alpha value is -0.340. The minimum atomic E-state index is -0.266. The number of carbonyl (C=O) groups excluding carboxylic acids is 1. The minimum absolute atomic E-state index is 0.224. The first kappa shape index (κ1) is 10.2. The van der Waals surface area contributed by atoms with Crippen LogP contribution in [-0.2, 0) is 10.2 Å². The molecule has 0 unspecified atom stereocenters. The summed E-state index contributed by atoms with van der Waals surface area (Å²) < 4.78 is 0.950. The van der Waals surface area contributed by atoms with E-state index >= 15 is 0 Å². The zero-order valence-corrected chi connectivity index (χ0v) is 10.2. The fraction of sp³-hybridized carbons (Fsp3) is 0.364. The van der Waals surface area contributed by atoms with E-state index in [2.05, 4.69) is 15.9 Å². The van der Waals surface area contributed by atoms with Gasteiger partial charge >= 0.3 is 0 Å². The molecule has 0 saturated heterocycles. The molecular formula is C11H10BrClO. The molecule has 0 aromatic heterocycles. The summed E-state index contributed by atoms with van der Waals surface area (Å²) in [7, 11) is 0. The molecule has 1 aliphatic carbocycles. The smallest absolute Gasteiger partial charge is 0.140 e. The topological polar surface area (TPSA) is 17.1 Å². The number of Topliss-reactive ketones (excluding diaryl/α,β-unsaturated/α-hetero) is 1. The first-order valence-electron chi connectivity index (χ1n) is 4.53. The summed E-state index contributed by atoms with van der Waals surface area (Å²) in [6, 6.07) is 5.73. The standard InChI is InChI=1S/C11H10BrClO/c1-7(14)11(4-5-11)9-3-2-8(12)6-10(9)13/h2-3,6H,4-5H2,1H3. The lowest BCUT2D eigenvalue weighted by Gasteiger charge is -2.13. The van der Waals surface area contributed by atoms with Crippen LogP contribution >= 0.6 is 27.5 Å². The summed E-state index contributed by atoms with van der Waals surface area (Å²) >= 11 is 9.47. The van der Waals surface area contributed by atoms with Crippen LogP contribution in [0.25, 0.3) is 0 Å². The lowest BCUT2D eigenvalue weighted by molar-refractivity contribution is -0.119. The first-order chi connectivity index (χ1) is 6.56. The predicted octanol–water partition coefficient (Wildman–Crippen LogP) is 3.72. The molecule has 0 radical (unpaired) electrons. The second-order valence-corrected chi connectivity index (χ2v) is 5.09. The first-order valence-corrected chi connectivity index (χ1v) is 5.70. The SMILES string of the molecule is CC(=O)C1(c2ccc(Br)cc2Cl)CC1. The fourth-order valence-electron chi connectivity index (χ4n) is 1.81. The van der Waals surface area contributed by atoms with Crippen LogP contribution < -0.4 is 0 Å². The Morgan fingerprint density at radius 3 is 2.57 bits per heavy atom. The molecular weight excluding hydrogens is 263 g/mol. The molecule has 0 spiro atoms. The maximum atomic E-state index is 11.5. The molecule has 1 nitrogen and oxygen atoms in total. The van der Waals surface area contributed by atoms with Crippen LogP contribution in [0.15, 0.2) is 22.7 Å². The van der Waals surface area contributed by atoms with E-state index in [1.165, 1.54) is 0 Å². The number of rotatable bonds is 2. The summed E-state index contributed by atoms with van der Waals surface area (Å²) in [5, 5.41) is 0.687. The maximum Gasteiger partial charge on any atom is 0.140 e. The van der Waals surface area contributed by atoms with Crippen molar-refractivity contribution in [1.29, 1.82) is 0 Å². The predicted molar refractivity (Wildman–Crippen MR) is 60.7 cm³/mol. The van der Waals surface area contributed by atoms with Crippen LogP contribution in [0.5, 0.6) is 0 Å². The van der Waals surface area contributed by atoms with E-state index in [4.69, 9.17) is 11.6 Å². The van der Waals surface area contributed by atoms with Crippen LogP contribution in [0, 0.1) is 0 Å². The lowest BCUT2D eigenvalue weighted by Crippen LogP contribution is -2.17. The normalized spacial score (nSPS) is 17.9. The summed E-state index contributed by atoms with van der Waals surface area (Å²) in [4.78, 5) is 11.5. The van der Waals surface area contributed by atoms with E-state index < -0.39 is 0 Å². The highest BCUT2D eigenvalue weighted by Crippen LogP contribution is 2.51. The van der Waals surface area contributed by atoms with Gasteiger partial charge in [0.25, 0.3) is 0 Å². The average Bonchev–Trinajstić information content (AvgIpc) is 2.84. The Morgan fingerprint density at radius 1 is 1.50 bits per heavy atom. The molecule has 3 heteroatoms. The molecule has 0 bridgehead atoms. The molecule has 2 rings (SSSR count). The molecule has 1 aromatic carbocycles. The van der Waals surface area contributed by atoms with Crippen molar-refractivity contribution in [2.24, 2.45) is 0 Å². The van der Waals surface area contributed by atoms with Gasteiger partial charge in [-0.25, -0.2) is 0 Å². The molecule has 14 heavy (non-hydrogen) atoms. The zero-order valence-electron chi connectivity index (χ0n) is 7.81. The van der Waals surface area contributed by atoms with Crippen LogP contribution in [0.1, 0.15) is 25.3 Å². The van der Waals surface area contributed by atoms with Gasteiger partial charge in [0.1, 0.15) is 5.78 Å². The van der Waals surface area contributed by atoms with Gasteiger partial charge in [-0.1, -0.05) is 33.6 Å². The number of benzene rings is 1.